The number of nitrogen functional groups attached to an aromatic ring is 1. The molecule has 0 saturated heterocycles. The lowest BCUT2D eigenvalue weighted by Gasteiger charge is -2.12. The highest BCUT2D eigenvalue weighted by molar-refractivity contribution is 7.92. The Hall–Kier alpha value is -2.02. The minimum absolute atomic E-state index is 0.0311. The summed E-state index contributed by atoms with van der Waals surface area (Å²) in [4.78, 5) is 6.57. The second-order valence-electron chi connectivity index (χ2n) is 4.41. The van der Waals surface area contributed by atoms with Crippen molar-refractivity contribution in [3.05, 3.63) is 35.3 Å². The van der Waals surface area contributed by atoms with Gasteiger partial charge < -0.3 is 10.7 Å². The maximum atomic E-state index is 12.1. The fraction of sp³-hybridized carbons (Fsp3) is 0.250. The molecule has 7 heteroatoms. The van der Waals surface area contributed by atoms with E-state index in [0.29, 0.717) is 22.8 Å². The molecule has 0 atom stereocenters. The molecule has 0 aliphatic rings. The van der Waals surface area contributed by atoms with Gasteiger partial charge in [0, 0.05) is 5.69 Å². The number of benzene rings is 1. The number of sulfonamides is 1. The molecule has 102 valence electrons. The molecule has 4 N–H and O–H groups in total. The van der Waals surface area contributed by atoms with Crippen LogP contribution in [0.2, 0.25) is 0 Å². The van der Waals surface area contributed by atoms with Gasteiger partial charge in [-0.05, 0) is 38.0 Å². The molecule has 1 aromatic heterocycles. The Balaban J connectivity index is 2.39. The Morgan fingerprint density at radius 2 is 1.95 bits per heavy atom. The number of nitrogens with one attached hydrogen (secondary N) is 2. The van der Waals surface area contributed by atoms with E-state index in [4.69, 9.17) is 5.73 Å². The van der Waals surface area contributed by atoms with E-state index in [1.54, 1.807) is 26.0 Å². The molecule has 1 aromatic carbocycles. The molecule has 0 aliphatic carbocycles. The number of aryl methyl sites for hydroxylation is 2. The number of nitrogens with zero attached hydrogens (tertiary/aromatic N) is 1. The third-order valence-corrected chi connectivity index (χ3v) is 4.22. The SMILES string of the molecule is Cc1ncc(S(=O)(=O)Nc2ccc(C)c(N)c2C)[nH]1. The minimum atomic E-state index is -3.67. The Labute approximate surface area is 112 Å². The number of anilines is 2. The Bertz CT molecular complexity index is 719. The van der Waals surface area contributed by atoms with Crippen LogP contribution in [0.15, 0.2) is 23.4 Å². The summed E-state index contributed by atoms with van der Waals surface area (Å²) >= 11 is 0. The lowest BCUT2D eigenvalue weighted by molar-refractivity contribution is 0.598. The van der Waals surface area contributed by atoms with E-state index in [2.05, 4.69) is 14.7 Å². The quantitative estimate of drug-likeness (QED) is 0.745. The fourth-order valence-electron chi connectivity index (χ4n) is 1.71. The zero-order valence-electron chi connectivity index (χ0n) is 11.0. The van der Waals surface area contributed by atoms with Gasteiger partial charge in [-0.25, -0.2) is 4.98 Å². The highest BCUT2D eigenvalue weighted by Crippen LogP contribution is 2.26. The third kappa shape index (κ3) is 2.55. The van der Waals surface area contributed by atoms with Crippen LogP contribution in [0.25, 0.3) is 0 Å². The molecule has 1 heterocycles. The first-order chi connectivity index (χ1) is 8.81. The topological polar surface area (TPSA) is 101 Å². The maximum absolute atomic E-state index is 12.1. The first kappa shape index (κ1) is 13.4. The predicted molar refractivity (Wildman–Crippen MR) is 74.5 cm³/mol. The summed E-state index contributed by atoms with van der Waals surface area (Å²) in [6, 6.07) is 3.47. The number of aromatic amines is 1. The van der Waals surface area contributed by atoms with Crippen molar-refractivity contribution in [1.82, 2.24) is 9.97 Å². The van der Waals surface area contributed by atoms with Crippen molar-refractivity contribution in [2.24, 2.45) is 0 Å². The van der Waals surface area contributed by atoms with Gasteiger partial charge in [0.1, 0.15) is 5.82 Å². The minimum Gasteiger partial charge on any atom is -0.398 e. The van der Waals surface area contributed by atoms with Crippen LogP contribution < -0.4 is 10.5 Å². The molecular weight excluding hydrogens is 264 g/mol. The van der Waals surface area contributed by atoms with Crippen molar-refractivity contribution >= 4 is 21.4 Å². The van der Waals surface area contributed by atoms with Crippen molar-refractivity contribution in [2.45, 2.75) is 25.8 Å². The van der Waals surface area contributed by atoms with Crippen LogP contribution in [0, 0.1) is 20.8 Å². The van der Waals surface area contributed by atoms with Crippen LogP contribution in [0.3, 0.4) is 0 Å². The van der Waals surface area contributed by atoms with E-state index in [-0.39, 0.29) is 5.03 Å². The maximum Gasteiger partial charge on any atom is 0.278 e. The number of H-pyrrole nitrogens is 1. The van der Waals surface area contributed by atoms with Crippen molar-refractivity contribution in [3.8, 4) is 0 Å². The number of hydrogen-bond donors (Lipinski definition) is 3. The van der Waals surface area contributed by atoms with Crippen molar-refractivity contribution < 1.29 is 8.42 Å². The number of nitrogens with two attached hydrogens (primary N) is 1. The van der Waals surface area contributed by atoms with Crippen LogP contribution >= 0.6 is 0 Å². The molecule has 2 aromatic rings. The summed E-state index contributed by atoms with van der Waals surface area (Å²) in [5.41, 5.74) is 8.56. The summed E-state index contributed by atoms with van der Waals surface area (Å²) in [7, 11) is -3.67. The highest BCUT2D eigenvalue weighted by atomic mass is 32.2. The molecule has 0 spiro atoms. The number of imidazole rings is 1. The van der Waals surface area contributed by atoms with Crippen LogP contribution in [-0.2, 0) is 10.0 Å². The van der Waals surface area contributed by atoms with Gasteiger partial charge in [-0.1, -0.05) is 6.07 Å². The molecule has 0 aliphatic heterocycles. The number of aromatic nitrogens is 2. The third-order valence-electron chi connectivity index (χ3n) is 2.95. The van der Waals surface area contributed by atoms with E-state index in [9.17, 15) is 8.42 Å². The normalized spacial score (nSPS) is 11.5. The van der Waals surface area contributed by atoms with Gasteiger partial charge in [-0.15, -0.1) is 0 Å². The summed E-state index contributed by atoms with van der Waals surface area (Å²) in [5, 5.41) is 0.0311. The van der Waals surface area contributed by atoms with Crippen LogP contribution in [-0.4, -0.2) is 18.4 Å². The van der Waals surface area contributed by atoms with Crippen LogP contribution in [0.5, 0.6) is 0 Å². The van der Waals surface area contributed by atoms with Crippen LogP contribution in [0.4, 0.5) is 11.4 Å². The van der Waals surface area contributed by atoms with E-state index in [1.807, 2.05) is 6.92 Å². The van der Waals surface area contributed by atoms with E-state index < -0.39 is 10.0 Å². The second kappa shape index (κ2) is 4.58. The van der Waals surface area contributed by atoms with E-state index in [0.717, 1.165) is 5.56 Å². The van der Waals surface area contributed by atoms with E-state index >= 15 is 0 Å². The first-order valence-electron chi connectivity index (χ1n) is 5.71. The molecule has 0 saturated carbocycles. The smallest absolute Gasteiger partial charge is 0.278 e. The van der Waals surface area contributed by atoms with Crippen molar-refractivity contribution in [2.75, 3.05) is 10.5 Å². The summed E-state index contributed by atoms with van der Waals surface area (Å²) in [6.45, 7) is 5.34. The standard InChI is InChI=1S/C12H16N4O2S/c1-7-4-5-10(8(2)12(7)13)16-19(17,18)11-6-14-9(3)15-11/h4-6,16H,13H2,1-3H3,(H,14,15). The lowest BCUT2D eigenvalue weighted by Crippen LogP contribution is -2.15. The predicted octanol–water partition coefficient (Wildman–Crippen LogP) is 1.72. The largest absolute Gasteiger partial charge is 0.398 e. The lowest BCUT2D eigenvalue weighted by atomic mass is 10.1. The first-order valence-corrected chi connectivity index (χ1v) is 7.19. The molecule has 0 amide bonds. The van der Waals surface area contributed by atoms with Gasteiger partial charge >= 0.3 is 0 Å². The van der Waals surface area contributed by atoms with Gasteiger partial charge in [0.2, 0.25) is 0 Å². The molecule has 0 fully saturated rings. The van der Waals surface area contributed by atoms with Gasteiger partial charge in [0.05, 0.1) is 11.9 Å². The van der Waals surface area contributed by atoms with Gasteiger partial charge in [-0.3, -0.25) is 4.72 Å². The van der Waals surface area contributed by atoms with E-state index in [1.165, 1.54) is 6.20 Å². The average molecular weight is 280 g/mol. The van der Waals surface area contributed by atoms with Crippen LogP contribution in [0.1, 0.15) is 17.0 Å². The highest BCUT2D eigenvalue weighted by Gasteiger charge is 2.18. The molecule has 0 radical (unpaired) electrons. The summed E-state index contributed by atoms with van der Waals surface area (Å²) in [6.07, 6.45) is 1.28. The zero-order chi connectivity index (χ0) is 14.2. The molecule has 0 bridgehead atoms. The average Bonchev–Trinajstić information content (AvgIpc) is 2.78. The fourth-order valence-corrected chi connectivity index (χ4v) is 2.80. The molecular formula is C12H16N4O2S. The van der Waals surface area contributed by atoms with Crippen molar-refractivity contribution in [1.29, 1.82) is 0 Å². The summed E-state index contributed by atoms with van der Waals surface area (Å²) in [5.74, 6) is 0.542. The summed E-state index contributed by atoms with van der Waals surface area (Å²) < 4.78 is 26.8. The number of hydrogen-bond acceptors (Lipinski definition) is 4. The van der Waals surface area contributed by atoms with Gasteiger partial charge in [0.25, 0.3) is 10.0 Å². The zero-order valence-corrected chi connectivity index (χ0v) is 11.8. The van der Waals surface area contributed by atoms with Gasteiger partial charge in [-0.2, -0.15) is 8.42 Å². The molecule has 0 unspecified atom stereocenters. The van der Waals surface area contributed by atoms with Gasteiger partial charge in [0.15, 0.2) is 5.03 Å². The molecule has 6 nitrogen and oxygen atoms in total. The molecule has 19 heavy (non-hydrogen) atoms. The Morgan fingerprint density at radius 3 is 2.53 bits per heavy atom. The Kier molecular flexibility index (Phi) is 3.23. The number of rotatable bonds is 3. The van der Waals surface area contributed by atoms with Crippen molar-refractivity contribution in [3.63, 3.8) is 0 Å². The second-order valence-corrected chi connectivity index (χ2v) is 6.06. The monoisotopic (exact) mass is 280 g/mol. The molecule has 2 rings (SSSR count). The Morgan fingerprint density at radius 1 is 1.26 bits per heavy atom.